The average Bonchev–Trinajstić information content (AvgIpc) is 2.85. The van der Waals surface area contributed by atoms with Crippen LogP contribution in [0.25, 0.3) is 11.1 Å². The maximum absolute atomic E-state index is 14.8. The Hall–Kier alpha value is -2.62. The van der Waals surface area contributed by atoms with E-state index >= 15 is 0 Å². The van der Waals surface area contributed by atoms with Crippen LogP contribution in [0, 0.1) is 12.7 Å². The van der Waals surface area contributed by atoms with Crippen LogP contribution in [-0.2, 0) is 14.8 Å². The molecule has 0 unspecified atom stereocenters. The maximum atomic E-state index is 14.8. The number of amides is 1. The molecule has 0 aliphatic heterocycles. The summed E-state index contributed by atoms with van der Waals surface area (Å²) in [4.78, 5) is 25.2. The zero-order valence-electron chi connectivity index (χ0n) is 19.5. The summed E-state index contributed by atoms with van der Waals surface area (Å²) in [5.41, 5.74) is 1.69. The first-order chi connectivity index (χ1) is 16.2. The smallest absolute Gasteiger partial charge is 0.251 e. The SMILES string of the molecule is COCCNC(=O)c1cccc(-c2cc(C)c(F)c(C(=O)CNS(=O)(=O)C3CCCCC3)c2)c1. The van der Waals surface area contributed by atoms with Crippen LogP contribution in [0.15, 0.2) is 36.4 Å². The lowest BCUT2D eigenvalue weighted by Gasteiger charge is -2.21. The molecule has 1 aliphatic carbocycles. The van der Waals surface area contributed by atoms with Crippen LogP contribution in [0.2, 0.25) is 0 Å². The Morgan fingerprint density at radius 3 is 2.53 bits per heavy atom. The van der Waals surface area contributed by atoms with Crippen molar-refractivity contribution in [1.82, 2.24) is 10.0 Å². The Balaban J connectivity index is 1.79. The van der Waals surface area contributed by atoms with Crippen molar-refractivity contribution in [2.45, 2.75) is 44.3 Å². The van der Waals surface area contributed by atoms with Gasteiger partial charge < -0.3 is 10.1 Å². The first-order valence-electron chi connectivity index (χ1n) is 11.4. The molecule has 0 heterocycles. The molecule has 34 heavy (non-hydrogen) atoms. The molecule has 0 saturated heterocycles. The van der Waals surface area contributed by atoms with Gasteiger partial charge in [-0.25, -0.2) is 17.5 Å². The predicted octanol–water partition coefficient (Wildman–Crippen LogP) is 3.61. The molecule has 1 fully saturated rings. The third kappa shape index (κ3) is 6.49. The van der Waals surface area contributed by atoms with E-state index in [1.807, 2.05) is 0 Å². The molecule has 0 aromatic heterocycles. The van der Waals surface area contributed by atoms with E-state index in [1.165, 1.54) is 6.07 Å². The number of methoxy groups -OCH3 is 1. The molecule has 0 atom stereocenters. The minimum atomic E-state index is -3.64. The van der Waals surface area contributed by atoms with Crippen LogP contribution in [0.1, 0.15) is 58.4 Å². The highest BCUT2D eigenvalue weighted by molar-refractivity contribution is 7.90. The first kappa shape index (κ1) is 26.0. The molecule has 2 N–H and O–H groups in total. The molecule has 0 bridgehead atoms. The van der Waals surface area contributed by atoms with E-state index in [4.69, 9.17) is 4.74 Å². The molecule has 1 saturated carbocycles. The molecular weight excluding hydrogens is 459 g/mol. The number of sulfonamides is 1. The van der Waals surface area contributed by atoms with E-state index in [0.29, 0.717) is 42.7 Å². The summed E-state index contributed by atoms with van der Waals surface area (Å²) in [6.07, 6.45) is 3.85. The number of hydrogen-bond acceptors (Lipinski definition) is 5. The van der Waals surface area contributed by atoms with Gasteiger partial charge in [-0.3, -0.25) is 9.59 Å². The molecular formula is C25H31FN2O5S. The van der Waals surface area contributed by atoms with E-state index < -0.39 is 33.4 Å². The quantitative estimate of drug-likeness (QED) is 0.391. The molecule has 3 rings (SSSR count). The summed E-state index contributed by atoms with van der Waals surface area (Å²) in [5.74, 6) is -1.60. The summed E-state index contributed by atoms with van der Waals surface area (Å²) >= 11 is 0. The monoisotopic (exact) mass is 490 g/mol. The second-order valence-electron chi connectivity index (χ2n) is 8.53. The third-order valence-corrected chi connectivity index (χ3v) is 7.93. The van der Waals surface area contributed by atoms with Gasteiger partial charge in [-0.05, 0) is 60.7 Å². The number of rotatable bonds is 10. The van der Waals surface area contributed by atoms with Crippen molar-refractivity contribution < 1.29 is 27.1 Å². The lowest BCUT2D eigenvalue weighted by molar-refractivity contribution is 0.0936. The second kappa shape index (κ2) is 11.7. The van der Waals surface area contributed by atoms with Gasteiger partial charge in [0.25, 0.3) is 5.91 Å². The van der Waals surface area contributed by atoms with Crippen LogP contribution in [0.4, 0.5) is 4.39 Å². The van der Waals surface area contributed by atoms with Crippen LogP contribution in [0.3, 0.4) is 0 Å². The van der Waals surface area contributed by atoms with E-state index in [1.54, 1.807) is 44.4 Å². The van der Waals surface area contributed by atoms with Gasteiger partial charge in [0.2, 0.25) is 10.0 Å². The number of ether oxygens (including phenoxy) is 1. The third-order valence-electron chi connectivity index (χ3n) is 6.03. The van der Waals surface area contributed by atoms with Crippen molar-refractivity contribution in [1.29, 1.82) is 0 Å². The van der Waals surface area contributed by atoms with Gasteiger partial charge in [0.05, 0.1) is 24.0 Å². The van der Waals surface area contributed by atoms with Gasteiger partial charge in [-0.15, -0.1) is 0 Å². The van der Waals surface area contributed by atoms with Gasteiger partial charge >= 0.3 is 0 Å². The fourth-order valence-corrected chi connectivity index (χ4v) is 5.62. The Morgan fingerprint density at radius 2 is 1.82 bits per heavy atom. The number of benzene rings is 2. The number of aryl methyl sites for hydroxylation is 1. The van der Waals surface area contributed by atoms with E-state index in [0.717, 1.165) is 19.3 Å². The molecule has 9 heteroatoms. The molecule has 1 amide bonds. The summed E-state index contributed by atoms with van der Waals surface area (Å²) in [6.45, 7) is 1.80. The zero-order valence-corrected chi connectivity index (χ0v) is 20.3. The summed E-state index contributed by atoms with van der Waals surface area (Å²) in [6, 6.07) is 9.79. The van der Waals surface area contributed by atoms with Crippen molar-refractivity contribution in [3.05, 3.63) is 58.9 Å². The minimum absolute atomic E-state index is 0.184. The fraction of sp³-hybridized carbons (Fsp3) is 0.440. The first-order valence-corrected chi connectivity index (χ1v) is 13.0. The van der Waals surface area contributed by atoms with Crippen molar-refractivity contribution in [3.63, 3.8) is 0 Å². The van der Waals surface area contributed by atoms with Gasteiger partial charge in [0.15, 0.2) is 5.78 Å². The van der Waals surface area contributed by atoms with Gasteiger partial charge in [0, 0.05) is 19.2 Å². The van der Waals surface area contributed by atoms with Crippen LogP contribution < -0.4 is 10.0 Å². The number of carbonyl (C=O) groups excluding carboxylic acids is 2. The number of Topliss-reactive ketones (excluding diaryl/α,β-unsaturated/α-hetero) is 1. The zero-order chi connectivity index (χ0) is 24.7. The van der Waals surface area contributed by atoms with Crippen LogP contribution in [0.5, 0.6) is 0 Å². The molecule has 0 spiro atoms. The molecule has 1 aliphatic rings. The van der Waals surface area contributed by atoms with Crippen molar-refractivity contribution in [3.8, 4) is 11.1 Å². The summed E-state index contributed by atoms with van der Waals surface area (Å²) in [7, 11) is -2.10. The predicted molar refractivity (Wildman–Crippen MR) is 129 cm³/mol. The normalized spacial score (nSPS) is 14.7. The molecule has 2 aromatic carbocycles. The Bertz CT molecular complexity index is 1140. The number of nitrogens with one attached hydrogen (secondary N) is 2. The number of halogens is 1. The lowest BCUT2D eigenvalue weighted by atomic mass is 9.96. The summed E-state index contributed by atoms with van der Waals surface area (Å²) < 4.78 is 47.2. The van der Waals surface area contributed by atoms with E-state index in [2.05, 4.69) is 10.0 Å². The molecule has 184 valence electrons. The van der Waals surface area contributed by atoms with Crippen LogP contribution in [-0.4, -0.2) is 52.2 Å². The van der Waals surface area contributed by atoms with Gasteiger partial charge in [-0.1, -0.05) is 31.4 Å². The van der Waals surface area contributed by atoms with E-state index in [9.17, 15) is 22.4 Å². The average molecular weight is 491 g/mol. The van der Waals surface area contributed by atoms with Crippen molar-refractivity contribution >= 4 is 21.7 Å². The topological polar surface area (TPSA) is 102 Å². The second-order valence-corrected chi connectivity index (χ2v) is 10.6. The Morgan fingerprint density at radius 1 is 1.09 bits per heavy atom. The standard InChI is InChI=1S/C25H31FN2O5S/c1-17-13-20(18-7-6-8-19(14-18)25(30)27-11-12-33-2)15-22(24(17)26)23(29)16-28-34(31,32)21-9-4-3-5-10-21/h6-8,13-15,21,28H,3-5,9-12,16H2,1-2H3,(H,27,30). The summed E-state index contributed by atoms with van der Waals surface area (Å²) in [5, 5.41) is 2.23. The highest BCUT2D eigenvalue weighted by Gasteiger charge is 2.28. The minimum Gasteiger partial charge on any atom is -0.383 e. The molecule has 7 nitrogen and oxygen atoms in total. The van der Waals surface area contributed by atoms with Gasteiger partial charge in [0.1, 0.15) is 5.82 Å². The van der Waals surface area contributed by atoms with Crippen molar-refractivity contribution in [2.75, 3.05) is 26.8 Å². The Kier molecular flexibility index (Phi) is 8.93. The highest BCUT2D eigenvalue weighted by atomic mass is 32.2. The lowest BCUT2D eigenvalue weighted by Crippen LogP contribution is -2.38. The molecule has 2 aromatic rings. The number of carbonyl (C=O) groups is 2. The molecule has 0 radical (unpaired) electrons. The van der Waals surface area contributed by atoms with E-state index in [-0.39, 0.29) is 17.0 Å². The maximum Gasteiger partial charge on any atom is 0.251 e. The Labute approximate surface area is 200 Å². The van der Waals surface area contributed by atoms with Gasteiger partial charge in [-0.2, -0.15) is 0 Å². The van der Waals surface area contributed by atoms with Crippen LogP contribution >= 0.6 is 0 Å². The number of hydrogen-bond donors (Lipinski definition) is 2. The largest absolute Gasteiger partial charge is 0.383 e. The van der Waals surface area contributed by atoms with Crippen molar-refractivity contribution in [2.24, 2.45) is 0 Å². The fourth-order valence-electron chi connectivity index (χ4n) is 4.10. The highest BCUT2D eigenvalue weighted by Crippen LogP contribution is 2.27. The number of ketones is 1.